The lowest BCUT2D eigenvalue weighted by Crippen LogP contribution is -2.46. The number of halogens is 1. The molecule has 0 radical (unpaired) electrons. The second-order valence-electron chi connectivity index (χ2n) is 13.5. The van der Waals surface area contributed by atoms with Gasteiger partial charge in [-0.1, -0.05) is 66.2 Å². The number of nitro groups is 1. The normalized spacial score (nSPS) is 13.8. The summed E-state index contributed by atoms with van der Waals surface area (Å²) in [6.07, 6.45) is 0. The second kappa shape index (κ2) is 16.4. The third-order valence-corrected chi connectivity index (χ3v) is 12.0. The molecule has 0 aliphatic carbocycles. The molecule has 0 spiro atoms. The molecule has 1 aliphatic heterocycles. The Hall–Kier alpha value is -4.88. The smallest absolute Gasteiger partial charge is 0.293 e. The zero-order chi connectivity index (χ0) is 37.6. The SMILES string of the molecule is CC(C)(CSc1ccccc1)Nc1ccc(S(=O)(=O)NC(=O)c2ccc(N3CCN(Cc4ccccc4-c4ccc(Cl)cc4)CC3)cc2)cc1[N+](=O)[O-]. The Balaban J connectivity index is 1.05. The van der Waals surface area contributed by atoms with Crippen LogP contribution >= 0.6 is 23.4 Å². The molecule has 5 aromatic carbocycles. The maximum absolute atomic E-state index is 13.2. The molecule has 2 N–H and O–H groups in total. The number of amides is 1. The van der Waals surface area contributed by atoms with Crippen molar-refractivity contribution in [2.75, 3.05) is 42.1 Å². The van der Waals surface area contributed by atoms with Gasteiger partial charge in [0, 0.05) is 71.3 Å². The van der Waals surface area contributed by atoms with Gasteiger partial charge >= 0.3 is 0 Å². The number of nitrogens with zero attached hydrogens (tertiary/aromatic N) is 3. The first-order valence-electron chi connectivity index (χ1n) is 17.1. The first kappa shape index (κ1) is 37.9. The maximum atomic E-state index is 13.2. The maximum Gasteiger partial charge on any atom is 0.293 e. The predicted molar refractivity (Wildman–Crippen MR) is 213 cm³/mol. The summed E-state index contributed by atoms with van der Waals surface area (Å²) in [6.45, 7) is 7.90. The Labute approximate surface area is 319 Å². The number of carbonyl (C=O) groups excluding carboxylic acids is 1. The van der Waals surface area contributed by atoms with Gasteiger partial charge in [0.1, 0.15) is 5.69 Å². The Morgan fingerprint density at radius 3 is 2.21 bits per heavy atom. The van der Waals surface area contributed by atoms with Crippen LogP contribution in [-0.4, -0.2) is 61.6 Å². The summed E-state index contributed by atoms with van der Waals surface area (Å²) >= 11 is 7.70. The van der Waals surface area contributed by atoms with E-state index in [0.29, 0.717) is 10.8 Å². The van der Waals surface area contributed by atoms with Gasteiger partial charge in [-0.2, -0.15) is 0 Å². The molecule has 0 unspecified atom stereocenters. The van der Waals surface area contributed by atoms with Crippen molar-refractivity contribution in [1.82, 2.24) is 9.62 Å². The molecule has 13 heteroatoms. The highest BCUT2D eigenvalue weighted by molar-refractivity contribution is 7.99. The predicted octanol–water partition coefficient (Wildman–Crippen LogP) is 8.34. The van der Waals surface area contributed by atoms with Gasteiger partial charge in [-0.15, -0.1) is 11.8 Å². The highest BCUT2D eigenvalue weighted by atomic mass is 35.5. The molecule has 1 fully saturated rings. The molecule has 1 saturated heterocycles. The van der Waals surface area contributed by atoms with E-state index in [1.54, 1.807) is 36.0 Å². The molecule has 5 aromatic rings. The molecule has 0 aromatic heterocycles. The van der Waals surface area contributed by atoms with Crippen LogP contribution in [0.3, 0.4) is 0 Å². The molecular formula is C40H40ClN5O5S2. The average molecular weight is 770 g/mol. The lowest BCUT2D eigenvalue weighted by molar-refractivity contribution is -0.384. The van der Waals surface area contributed by atoms with Crippen LogP contribution in [0.1, 0.15) is 29.8 Å². The lowest BCUT2D eigenvalue weighted by Gasteiger charge is -2.36. The van der Waals surface area contributed by atoms with Crippen molar-refractivity contribution in [2.24, 2.45) is 0 Å². The van der Waals surface area contributed by atoms with Crippen LogP contribution in [0.25, 0.3) is 11.1 Å². The van der Waals surface area contributed by atoms with E-state index in [4.69, 9.17) is 11.6 Å². The Morgan fingerprint density at radius 1 is 0.868 bits per heavy atom. The monoisotopic (exact) mass is 769 g/mol. The lowest BCUT2D eigenvalue weighted by atomic mass is 9.99. The summed E-state index contributed by atoms with van der Waals surface area (Å²) < 4.78 is 28.6. The van der Waals surface area contributed by atoms with Crippen molar-refractivity contribution < 1.29 is 18.1 Å². The number of carbonyl (C=O) groups is 1. The van der Waals surface area contributed by atoms with E-state index in [1.807, 2.05) is 74.5 Å². The standard InChI is InChI=1S/C40H40ClN5O5S2/c1-40(2,28-52-34-9-4-3-5-10-34)42-37-21-20-35(26-38(37)46(48)49)53(50,51)43-39(47)30-14-18-33(19-15-30)45-24-22-44(23-25-45)27-31-8-6-7-11-36(31)29-12-16-32(41)17-13-29/h3-21,26,42H,22-25,27-28H2,1-2H3,(H,43,47). The minimum atomic E-state index is -4.41. The fraction of sp³-hybridized carbons (Fsp3) is 0.225. The van der Waals surface area contributed by atoms with Gasteiger partial charge in [0.2, 0.25) is 0 Å². The van der Waals surface area contributed by atoms with Crippen molar-refractivity contribution in [3.05, 3.63) is 148 Å². The van der Waals surface area contributed by atoms with Crippen LogP contribution in [0.4, 0.5) is 17.1 Å². The molecule has 1 amide bonds. The number of anilines is 2. The van der Waals surface area contributed by atoms with E-state index in [1.165, 1.54) is 23.3 Å². The van der Waals surface area contributed by atoms with Crippen LogP contribution in [0.5, 0.6) is 0 Å². The molecular weight excluding hydrogens is 730 g/mol. The summed E-state index contributed by atoms with van der Waals surface area (Å²) in [6, 6.07) is 36.4. The first-order chi connectivity index (χ1) is 25.4. The molecule has 1 heterocycles. The van der Waals surface area contributed by atoms with Gasteiger partial charge < -0.3 is 10.2 Å². The fourth-order valence-electron chi connectivity index (χ4n) is 6.15. The molecule has 1 aliphatic rings. The summed E-state index contributed by atoms with van der Waals surface area (Å²) in [7, 11) is -4.41. The number of nitro benzene ring substituents is 1. The zero-order valence-electron chi connectivity index (χ0n) is 29.4. The number of sulfonamides is 1. The molecule has 0 saturated carbocycles. The topological polar surface area (TPSA) is 125 Å². The average Bonchev–Trinajstić information content (AvgIpc) is 3.15. The summed E-state index contributed by atoms with van der Waals surface area (Å²) in [5.41, 5.74) is 3.84. The van der Waals surface area contributed by atoms with Crippen LogP contribution in [0.2, 0.25) is 5.02 Å². The van der Waals surface area contributed by atoms with Crippen LogP contribution in [0.15, 0.2) is 131 Å². The highest BCUT2D eigenvalue weighted by Crippen LogP contribution is 2.32. The van der Waals surface area contributed by atoms with E-state index < -0.39 is 32.1 Å². The van der Waals surface area contributed by atoms with Crippen molar-refractivity contribution >= 4 is 56.4 Å². The number of nitrogens with one attached hydrogen (secondary N) is 2. The largest absolute Gasteiger partial charge is 0.374 e. The van der Waals surface area contributed by atoms with Crippen LogP contribution in [-0.2, 0) is 16.6 Å². The molecule has 0 bridgehead atoms. The minimum absolute atomic E-state index is 0.153. The second-order valence-corrected chi connectivity index (χ2v) is 16.6. The zero-order valence-corrected chi connectivity index (χ0v) is 31.8. The molecule has 0 atom stereocenters. The minimum Gasteiger partial charge on any atom is -0.374 e. The van der Waals surface area contributed by atoms with E-state index >= 15 is 0 Å². The Bertz CT molecular complexity index is 2180. The summed E-state index contributed by atoms with van der Waals surface area (Å²) in [5.74, 6) is -0.232. The van der Waals surface area contributed by atoms with E-state index in [2.05, 4.69) is 38.0 Å². The van der Waals surface area contributed by atoms with Crippen molar-refractivity contribution in [3.63, 3.8) is 0 Å². The summed E-state index contributed by atoms with van der Waals surface area (Å²) in [4.78, 5) is 29.8. The molecule has 53 heavy (non-hydrogen) atoms. The molecule has 10 nitrogen and oxygen atoms in total. The number of piperazine rings is 1. The Kier molecular flexibility index (Phi) is 11.7. The fourth-order valence-corrected chi connectivity index (χ4v) is 8.22. The highest BCUT2D eigenvalue weighted by Gasteiger charge is 2.27. The number of thioether (sulfide) groups is 1. The summed E-state index contributed by atoms with van der Waals surface area (Å²) in [5, 5.41) is 15.9. The number of benzene rings is 5. The van der Waals surface area contributed by atoms with Crippen molar-refractivity contribution in [2.45, 2.75) is 35.7 Å². The molecule has 274 valence electrons. The quantitative estimate of drug-likeness (QED) is 0.0691. The van der Waals surface area contributed by atoms with Gasteiger partial charge in [-0.25, -0.2) is 13.1 Å². The van der Waals surface area contributed by atoms with E-state index in [0.717, 1.165) is 54.9 Å². The van der Waals surface area contributed by atoms with Gasteiger partial charge in [-0.3, -0.25) is 19.8 Å². The van der Waals surface area contributed by atoms with E-state index in [9.17, 15) is 23.3 Å². The number of rotatable bonds is 13. The van der Waals surface area contributed by atoms with Crippen LogP contribution in [0, 0.1) is 10.1 Å². The van der Waals surface area contributed by atoms with Crippen molar-refractivity contribution in [1.29, 1.82) is 0 Å². The van der Waals surface area contributed by atoms with Gasteiger partial charge in [-0.05, 0) is 91.2 Å². The third-order valence-electron chi connectivity index (χ3n) is 8.95. The third kappa shape index (κ3) is 9.76. The number of hydrogen-bond acceptors (Lipinski definition) is 9. The Morgan fingerprint density at radius 2 is 1.53 bits per heavy atom. The van der Waals surface area contributed by atoms with Crippen LogP contribution < -0.4 is 14.9 Å². The van der Waals surface area contributed by atoms with Gasteiger partial charge in [0.25, 0.3) is 21.6 Å². The van der Waals surface area contributed by atoms with Crippen molar-refractivity contribution in [3.8, 4) is 11.1 Å². The first-order valence-corrected chi connectivity index (χ1v) is 19.9. The number of hydrogen-bond donors (Lipinski definition) is 2. The van der Waals surface area contributed by atoms with Gasteiger partial charge in [0.05, 0.1) is 9.82 Å². The molecule has 6 rings (SSSR count). The van der Waals surface area contributed by atoms with E-state index in [-0.39, 0.29) is 16.1 Å². The van der Waals surface area contributed by atoms with Gasteiger partial charge in [0.15, 0.2) is 0 Å².